The molecule has 0 unspecified atom stereocenters. The van der Waals surface area contributed by atoms with Gasteiger partial charge < -0.3 is 24.0 Å². The number of methoxy groups -OCH3 is 1. The molecule has 1 amide bonds. The third kappa shape index (κ3) is 4.59. The quantitative estimate of drug-likeness (QED) is 0.576. The van der Waals surface area contributed by atoms with Gasteiger partial charge in [-0.1, -0.05) is 17.4 Å². The molecular formula is C22H25N3O4S. The molecule has 1 fully saturated rings. The average molecular weight is 428 g/mol. The van der Waals surface area contributed by atoms with Crippen molar-refractivity contribution in [1.29, 1.82) is 0 Å². The maximum Gasteiger partial charge on any atom is 0.260 e. The number of carbonyl (C=O) groups excluding carboxylic acids is 1. The van der Waals surface area contributed by atoms with Crippen molar-refractivity contribution in [2.24, 2.45) is 0 Å². The zero-order valence-corrected chi connectivity index (χ0v) is 18.0. The minimum atomic E-state index is -0.0110. The predicted octanol–water partition coefficient (Wildman–Crippen LogP) is 3.43. The zero-order valence-electron chi connectivity index (χ0n) is 17.2. The molecule has 3 aromatic rings. The lowest BCUT2D eigenvalue weighted by Crippen LogP contribution is -2.50. The van der Waals surface area contributed by atoms with Gasteiger partial charge in [-0.15, -0.1) is 0 Å². The number of carbonyl (C=O) groups is 1. The molecule has 8 heteroatoms. The number of thiazole rings is 1. The highest BCUT2D eigenvalue weighted by Gasteiger charge is 2.23. The number of benzene rings is 2. The second-order valence-electron chi connectivity index (χ2n) is 6.89. The van der Waals surface area contributed by atoms with Crippen molar-refractivity contribution in [2.45, 2.75) is 6.92 Å². The molecule has 1 saturated heterocycles. The van der Waals surface area contributed by atoms with Crippen LogP contribution in [0.2, 0.25) is 0 Å². The Labute approximate surface area is 179 Å². The summed E-state index contributed by atoms with van der Waals surface area (Å²) in [7, 11) is 1.60. The monoisotopic (exact) mass is 427 g/mol. The highest BCUT2D eigenvalue weighted by Crippen LogP contribution is 2.32. The van der Waals surface area contributed by atoms with Gasteiger partial charge in [-0.05, 0) is 37.3 Å². The molecule has 4 rings (SSSR count). The second kappa shape index (κ2) is 9.21. The Balaban J connectivity index is 1.32. The van der Waals surface area contributed by atoms with Crippen LogP contribution >= 0.6 is 11.3 Å². The highest BCUT2D eigenvalue weighted by atomic mass is 32.1. The van der Waals surface area contributed by atoms with Gasteiger partial charge in [0.2, 0.25) is 0 Å². The van der Waals surface area contributed by atoms with E-state index in [9.17, 15) is 4.79 Å². The summed E-state index contributed by atoms with van der Waals surface area (Å²) < 4.78 is 17.5. The first-order chi connectivity index (χ1) is 14.7. The first kappa shape index (κ1) is 20.3. The Morgan fingerprint density at radius 2 is 1.80 bits per heavy atom. The first-order valence-corrected chi connectivity index (χ1v) is 10.8. The number of piperazine rings is 1. The minimum Gasteiger partial charge on any atom is -0.497 e. The van der Waals surface area contributed by atoms with Crippen molar-refractivity contribution in [3.05, 3.63) is 42.5 Å². The summed E-state index contributed by atoms with van der Waals surface area (Å²) in [5, 5.41) is 0.985. The van der Waals surface area contributed by atoms with Crippen molar-refractivity contribution >= 4 is 32.6 Å². The topological polar surface area (TPSA) is 64.1 Å². The van der Waals surface area contributed by atoms with E-state index in [0.29, 0.717) is 31.2 Å². The Bertz CT molecular complexity index is 1010. The lowest BCUT2D eigenvalue weighted by molar-refractivity contribution is -0.133. The van der Waals surface area contributed by atoms with Gasteiger partial charge in [-0.2, -0.15) is 0 Å². The lowest BCUT2D eigenvalue weighted by Gasteiger charge is -2.34. The van der Waals surface area contributed by atoms with Gasteiger partial charge in [0.15, 0.2) is 11.7 Å². The fourth-order valence-electron chi connectivity index (χ4n) is 3.36. The Morgan fingerprint density at radius 3 is 2.57 bits per heavy atom. The lowest BCUT2D eigenvalue weighted by atomic mass is 10.3. The zero-order chi connectivity index (χ0) is 20.9. The molecule has 0 radical (unpaired) electrons. The molecule has 2 aromatic carbocycles. The fourth-order valence-corrected chi connectivity index (χ4v) is 4.40. The van der Waals surface area contributed by atoms with E-state index < -0.39 is 0 Å². The van der Waals surface area contributed by atoms with Crippen molar-refractivity contribution in [2.75, 3.05) is 51.4 Å². The number of aromatic nitrogens is 1. The number of ether oxygens (including phenoxy) is 3. The van der Waals surface area contributed by atoms with Gasteiger partial charge in [0, 0.05) is 32.2 Å². The van der Waals surface area contributed by atoms with E-state index in [-0.39, 0.29) is 12.5 Å². The van der Waals surface area contributed by atoms with Crippen LogP contribution in [0.3, 0.4) is 0 Å². The van der Waals surface area contributed by atoms with Gasteiger partial charge >= 0.3 is 0 Å². The molecule has 0 spiro atoms. The molecule has 1 aliphatic heterocycles. The predicted molar refractivity (Wildman–Crippen MR) is 118 cm³/mol. The molecule has 1 aromatic heterocycles. The summed E-state index contributed by atoms with van der Waals surface area (Å²) in [5.74, 6) is 2.19. The molecule has 0 atom stereocenters. The summed E-state index contributed by atoms with van der Waals surface area (Å²) in [4.78, 5) is 21.4. The van der Waals surface area contributed by atoms with E-state index in [4.69, 9.17) is 19.2 Å². The van der Waals surface area contributed by atoms with Crippen LogP contribution in [-0.2, 0) is 4.79 Å². The smallest absolute Gasteiger partial charge is 0.260 e. The number of fused-ring (bicyclic) bond motifs is 1. The summed E-state index contributed by atoms with van der Waals surface area (Å²) in [5.41, 5.74) is 0.976. The third-order valence-corrected chi connectivity index (χ3v) is 6.04. The molecule has 2 heterocycles. The maximum atomic E-state index is 12.5. The normalized spacial score (nSPS) is 14.1. The molecule has 158 valence electrons. The summed E-state index contributed by atoms with van der Waals surface area (Å²) >= 11 is 1.66. The Hall–Kier alpha value is -3.00. The second-order valence-corrected chi connectivity index (χ2v) is 7.90. The number of nitrogens with zero attached hydrogens (tertiary/aromatic N) is 3. The number of hydrogen-bond acceptors (Lipinski definition) is 7. The molecule has 0 bridgehead atoms. The van der Waals surface area contributed by atoms with Crippen molar-refractivity contribution in [3.63, 3.8) is 0 Å². The number of hydrogen-bond donors (Lipinski definition) is 0. The molecule has 30 heavy (non-hydrogen) atoms. The van der Waals surface area contributed by atoms with Crippen LogP contribution in [0.4, 0.5) is 5.13 Å². The van der Waals surface area contributed by atoms with Crippen LogP contribution in [0, 0.1) is 0 Å². The molecule has 0 N–H and O–H groups in total. The molecule has 0 aliphatic carbocycles. The highest BCUT2D eigenvalue weighted by molar-refractivity contribution is 7.22. The summed E-state index contributed by atoms with van der Waals surface area (Å²) in [6, 6.07) is 13.3. The molecule has 0 saturated carbocycles. The van der Waals surface area contributed by atoms with E-state index in [0.717, 1.165) is 34.2 Å². The number of amides is 1. The average Bonchev–Trinajstić information content (AvgIpc) is 3.21. The number of anilines is 1. The van der Waals surface area contributed by atoms with Crippen LogP contribution in [0.15, 0.2) is 42.5 Å². The van der Waals surface area contributed by atoms with Gasteiger partial charge in [-0.25, -0.2) is 4.98 Å². The van der Waals surface area contributed by atoms with Gasteiger partial charge in [-0.3, -0.25) is 4.79 Å². The fraction of sp³-hybridized carbons (Fsp3) is 0.364. The van der Waals surface area contributed by atoms with Crippen molar-refractivity contribution in [3.8, 4) is 17.2 Å². The van der Waals surface area contributed by atoms with Crippen LogP contribution in [-0.4, -0.2) is 62.3 Å². The van der Waals surface area contributed by atoms with Gasteiger partial charge in [0.1, 0.15) is 17.2 Å². The van der Waals surface area contributed by atoms with Crippen LogP contribution in [0.1, 0.15) is 6.92 Å². The summed E-state index contributed by atoms with van der Waals surface area (Å²) in [6.45, 7) is 5.46. The van der Waals surface area contributed by atoms with Gasteiger partial charge in [0.05, 0.1) is 23.9 Å². The Morgan fingerprint density at radius 1 is 1.03 bits per heavy atom. The van der Waals surface area contributed by atoms with Crippen molar-refractivity contribution < 1.29 is 19.0 Å². The third-order valence-electron chi connectivity index (χ3n) is 4.97. The van der Waals surface area contributed by atoms with E-state index in [2.05, 4.69) is 4.90 Å². The SMILES string of the molecule is CCOc1ccc2nc(N3CCN(C(=O)COc4cccc(OC)c4)CC3)sc2c1. The van der Waals surface area contributed by atoms with E-state index >= 15 is 0 Å². The van der Waals surface area contributed by atoms with Crippen LogP contribution in [0.25, 0.3) is 10.2 Å². The van der Waals surface area contributed by atoms with E-state index in [1.165, 1.54) is 0 Å². The first-order valence-electron chi connectivity index (χ1n) is 9.99. The number of rotatable bonds is 7. The molecule has 1 aliphatic rings. The largest absolute Gasteiger partial charge is 0.497 e. The van der Waals surface area contributed by atoms with Crippen LogP contribution in [0.5, 0.6) is 17.2 Å². The van der Waals surface area contributed by atoms with E-state index in [1.54, 1.807) is 24.5 Å². The van der Waals surface area contributed by atoms with Gasteiger partial charge in [0.25, 0.3) is 5.91 Å². The standard InChI is InChI=1S/C22H25N3O4S/c1-3-28-18-7-8-19-20(14-18)30-22(23-19)25-11-9-24(10-12-25)21(26)15-29-17-6-4-5-16(13-17)27-2/h4-8,13-14H,3,9-12,15H2,1-2H3. The Kier molecular flexibility index (Phi) is 6.23. The summed E-state index contributed by atoms with van der Waals surface area (Å²) in [6.07, 6.45) is 0. The minimum absolute atomic E-state index is 0.0110. The molecule has 7 nitrogen and oxygen atoms in total. The molecular weight excluding hydrogens is 402 g/mol. The van der Waals surface area contributed by atoms with Crippen molar-refractivity contribution in [1.82, 2.24) is 9.88 Å². The van der Waals surface area contributed by atoms with Crippen LogP contribution < -0.4 is 19.1 Å². The maximum absolute atomic E-state index is 12.5. The van der Waals surface area contributed by atoms with E-state index in [1.807, 2.05) is 48.2 Å².